The van der Waals surface area contributed by atoms with Gasteiger partial charge in [0.05, 0.1) is 7.11 Å². The maximum absolute atomic E-state index is 11.1. The molecule has 0 aliphatic carbocycles. The van der Waals surface area contributed by atoms with Crippen LogP contribution in [-0.4, -0.2) is 23.4 Å². The van der Waals surface area contributed by atoms with Gasteiger partial charge in [0.25, 0.3) is 0 Å². The third-order valence-corrected chi connectivity index (χ3v) is 2.85. The van der Waals surface area contributed by atoms with E-state index in [0.717, 1.165) is 4.90 Å². The molecular formula is C11H14O3S. The summed E-state index contributed by atoms with van der Waals surface area (Å²) in [4.78, 5) is 11.8. The molecule has 0 bridgehead atoms. The smallest absolute Gasteiger partial charge is 0.340 e. The average Bonchev–Trinajstić information content (AvgIpc) is 2.15. The molecule has 3 nitrogen and oxygen atoms in total. The first kappa shape index (κ1) is 11.9. The zero-order valence-corrected chi connectivity index (χ0v) is 9.80. The SMILES string of the molecule is COc1cccc(SC(C)C)c1C(=O)O. The van der Waals surface area contributed by atoms with Crippen molar-refractivity contribution in [3.05, 3.63) is 23.8 Å². The summed E-state index contributed by atoms with van der Waals surface area (Å²) < 4.78 is 5.03. The summed E-state index contributed by atoms with van der Waals surface area (Å²) in [5, 5.41) is 9.44. The summed E-state index contributed by atoms with van der Waals surface area (Å²) in [6.45, 7) is 4.05. The Labute approximate surface area is 93.4 Å². The van der Waals surface area contributed by atoms with Gasteiger partial charge in [0.15, 0.2) is 0 Å². The maximum atomic E-state index is 11.1. The number of thioether (sulfide) groups is 1. The van der Waals surface area contributed by atoms with Crippen molar-refractivity contribution in [1.82, 2.24) is 0 Å². The van der Waals surface area contributed by atoms with Crippen molar-refractivity contribution < 1.29 is 14.6 Å². The second-order valence-corrected chi connectivity index (χ2v) is 4.92. The van der Waals surface area contributed by atoms with Gasteiger partial charge in [-0.3, -0.25) is 0 Å². The highest BCUT2D eigenvalue weighted by molar-refractivity contribution is 8.00. The molecule has 15 heavy (non-hydrogen) atoms. The van der Waals surface area contributed by atoms with Gasteiger partial charge in [-0.15, -0.1) is 11.8 Å². The van der Waals surface area contributed by atoms with Gasteiger partial charge < -0.3 is 9.84 Å². The summed E-state index contributed by atoms with van der Waals surface area (Å²) in [6, 6.07) is 5.26. The highest BCUT2D eigenvalue weighted by atomic mass is 32.2. The number of carboxylic acids is 1. The van der Waals surface area contributed by atoms with E-state index in [0.29, 0.717) is 11.0 Å². The Bertz CT molecular complexity index is 361. The van der Waals surface area contributed by atoms with Crippen LogP contribution < -0.4 is 4.74 Å². The fraction of sp³-hybridized carbons (Fsp3) is 0.364. The zero-order valence-electron chi connectivity index (χ0n) is 8.98. The van der Waals surface area contributed by atoms with Crippen LogP contribution in [0.5, 0.6) is 5.75 Å². The van der Waals surface area contributed by atoms with E-state index in [2.05, 4.69) is 0 Å². The monoisotopic (exact) mass is 226 g/mol. The van der Waals surface area contributed by atoms with Crippen molar-refractivity contribution >= 4 is 17.7 Å². The van der Waals surface area contributed by atoms with Crippen molar-refractivity contribution in [2.45, 2.75) is 24.0 Å². The molecule has 0 spiro atoms. The predicted octanol–water partition coefficient (Wildman–Crippen LogP) is 2.89. The van der Waals surface area contributed by atoms with Crippen molar-refractivity contribution in [2.24, 2.45) is 0 Å². The topological polar surface area (TPSA) is 46.5 Å². The van der Waals surface area contributed by atoms with Gasteiger partial charge >= 0.3 is 5.97 Å². The average molecular weight is 226 g/mol. The van der Waals surface area contributed by atoms with Crippen LogP contribution in [0.3, 0.4) is 0 Å². The van der Waals surface area contributed by atoms with E-state index in [1.165, 1.54) is 18.9 Å². The first-order chi connectivity index (χ1) is 7.06. The van der Waals surface area contributed by atoms with Gasteiger partial charge in [0, 0.05) is 10.1 Å². The molecule has 0 radical (unpaired) electrons. The number of hydrogen-bond donors (Lipinski definition) is 1. The number of aromatic carboxylic acids is 1. The lowest BCUT2D eigenvalue weighted by Gasteiger charge is -2.11. The highest BCUT2D eigenvalue weighted by Gasteiger charge is 2.16. The summed E-state index contributed by atoms with van der Waals surface area (Å²) in [5.41, 5.74) is 0.249. The second-order valence-electron chi connectivity index (χ2n) is 3.31. The van der Waals surface area contributed by atoms with Crippen LogP contribution >= 0.6 is 11.8 Å². The van der Waals surface area contributed by atoms with E-state index < -0.39 is 5.97 Å². The first-order valence-corrected chi connectivity index (χ1v) is 5.51. The molecule has 0 unspecified atom stereocenters. The Hall–Kier alpha value is -1.16. The van der Waals surface area contributed by atoms with Crippen LogP contribution in [0.4, 0.5) is 0 Å². The van der Waals surface area contributed by atoms with Crippen LogP contribution in [-0.2, 0) is 0 Å². The third-order valence-electron chi connectivity index (χ3n) is 1.78. The van der Waals surface area contributed by atoms with E-state index in [9.17, 15) is 4.79 Å². The number of methoxy groups -OCH3 is 1. The van der Waals surface area contributed by atoms with Crippen LogP contribution in [0.1, 0.15) is 24.2 Å². The van der Waals surface area contributed by atoms with Crippen molar-refractivity contribution in [3.8, 4) is 5.75 Å². The molecule has 0 saturated heterocycles. The molecule has 0 heterocycles. The number of hydrogen-bond acceptors (Lipinski definition) is 3. The van der Waals surface area contributed by atoms with E-state index >= 15 is 0 Å². The fourth-order valence-electron chi connectivity index (χ4n) is 1.24. The normalized spacial score (nSPS) is 10.4. The van der Waals surface area contributed by atoms with Crippen LogP contribution in [0, 0.1) is 0 Å². The van der Waals surface area contributed by atoms with Crippen molar-refractivity contribution in [2.75, 3.05) is 7.11 Å². The molecule has 82 valence electrons. The number of benzene rings is 1. The minimum absolute atomic E-state index is 0.249. The van der Waals surface area contributed by atoms with Crippen molar-refractivity contribution in [1.29, 1.82) is 0 Å². The Balaban J connectivity index is 3.19. The van der Waals surface area contributed by atoms with E-state index in [1.54, 1.807) is 18.2 Å². The predicted molar refractivity (Wildman–Crippen MR) is 60.9 cm³/mol. The summed E-state index contributed by atoms with van der Waals surface area (Å²) in [7, 11) is 1.48. The van der Waals surface area contributed by atoms with Crippen LogP contribution in [0.2, 0.25) is 0 Å². The van der Waals surface area contributed by atoms with Crippen LogP contribution in [0.15, 0.2) is 23.1 Å². The molecule has 1 N–H and O–H groups in total. The Kier molecular flexibility index (Phi) is 4.03. The number of ether oxygens (including phenoxy) is 1. The van der Waals surface area contributed by atoms with E-state index in [4.69, 9.17) is 9.84 Å². The largest absolute Gasteiger partial charge is 0.496 e. The lowest BCUT2D eigenvalue weighted by Crippen LogP contribution is -2.03. The highest BCUT2D eigenvalue weighted by Crippen LogP contribution is 2.32. The molecule has 4 heteroatoms. The minimum atomic E-state index is -0.949. The molecule has 1 aromatic rings. The summed E-state index contributed by atoms with van der Waals surface area (Å²) >= 11 is 1.52. The van der Waals surface area contributed by atoms with Gasteiger partial charge in [-0.05, 0) is 12.1 Å². The Morgan fingerprint density at radius 1 is 1.47 bits per heavy atom. The number of carbonyl (C=O) groups is 1. The lowest BCUT2D eigenvalue weighted by atomic mass is 10.2. The van der Waals surface area contributed by atoms with E-state index in [-0.39, 0.29) is 5.56 Å². The van der Waals surface area contributed by atoms with Gasteiger partial charge in [0.1, 0.15) is 11.3 Å². The number of carboxylic acid groups (broad SMARTS) is 1. The molecule has 0 amide bonds. The lowest BCUT2D eigenvalue weighted by molar-refractivity contribution is 0.0689. The molecule has 1 aromatic carbocycles. The Morgan fingerprint density at radius 2 is 2.13 bits per heavy atom. The minimum Gasteiger partial charge on any atom is -0.496 e. The molecule has 0 atom stereocenters. The molecule has 0 fully saturated rings. The molecular weight excluding hydrogens is 212 g/mol. The molecule has 0 saturated carbocycles. The van der Waals surface area contributed by atoms with E-state index in [1.807, 2.05) is 13.8 Å². The molecule has 0 aliphatic rings. The van der Waals surface area contributed by atoms with Gasteiger partial charge in [0.2, 0.25) is 0 Å². The standard InChI is InChI=1S/C11H14O3S/c1-7(2)15-9-6-4-5-8(14-3)10(9)11(12)13/h4-7H,1-3H3,(H,12,13). The molecule has 0 aromatic heterocycles. The Morgan fingerprint density at radius 3 is 2.60 bits per heavy atom. The third kappa shape index (κ3) is 2.89. The fourth-order valence-corrected chi connectivity index (χ4v) is 2.21. The van der Waals surface area contributed by atoms with Crippen LogP contribution in [0.25, 0.3) is 0 Å². The van der Waals surface area contributed by atoms with Gasteiger partial charge in [-0.1, -0.05) is 19.9 Å². The summed E-state index contributed by atoms with van der Waals surface area (Å²) in [6.07, 6.45) is 0. The second kappa shape index (κ2) is 5.07. The van der Waals surface area contributed by atoms with Gasteiger partial charge in [-0.2, -0.15) is 0 Å². The first-order valence-electron chi connectivity index (χ1n) is 4.63. The quantitative estimate of drug-likeness (QED) is 0.802. The number of rotatable bonds is 4. The molecule has 0 aliphatic heterocycles. The molecule has 1 rings (SSSR count). The van der Waals surface area contributed by atoms with Crippen molar-refractivity contribution in [3.63, 3.8) is 0 Å². The maximum Gasteiger partial charge on any atom is 0.340 e. The zero-order chi connectivity index (χ0) is 11.4. The summed E-state index contributed by atoms with van der Waals surface area (Å²) in [5.74, 6) is -0.538. The van der Waals surface area contributed by atoms with Gasteiger partial charge in [-0.25, -0.2) is 4.79 Å².